The molecule has 8 heteroatoms. The van der Waals surface area contributed by atoms with E-state index in [1.807, 2.05) is 0 Å². The summed E-state index contributed by atoms with van der Waals surface area (Å²) in [4.78, 5) is 16.5. The number of hydrogen-bond acceptors (Lipinski definition) is 3. The second kappa shape index (κ2) is 6.86. The zero-order valence-corrected chi connectivity index (χ0v) is 14.3. The Labute approximate surface area is 151 Å². The quantitative estimate of drug-likeness (QED) is 0.624. The molecule has 1 heterocycles. The molecule has 3 aromatic rings. The molecule has 0 saturated heterocycles. The molecule has 3 rings (SSSR count). The van der Waals surface area contributed by atoms with Crippen molar-refractivity contribution < 1.29 is 26.8 Å². The fourth-order valence-corrected chi connectivity index (χ4v) is 2.41. The van der Waals surface area contributed by atoms with Gasteiger partial charge in [-0.2, -0.15) is 13.2 Å². The lowest BCUT2D eigenvalue weighted by Gasteiger charge is -2.11. The Kier molecular flexibility index (Phi) is 4.73. The molecule has 0 radical (unpaired) electrons. The first kappa shape index (κ1) is 18.6. The number of aromatic nitrogens is 1. The highest BCUT2D eigenvalue weighted by molar-refractivity contribution is 6.04. The summed E-state index contributed by atoms with van der Waals surface area (Å²) in [5, 5.41) is 2.49. The van der Waals surface area contributed by atoms with Crippen LogP contribution in [-0.2, 0) is 6.18 Å². The van der Waals surface area contributed by atoms with Crippen molar-refractivity contribution in [3.05, 3.63) is 70.9 Å². The predicted molar refractivity (Wildman–Crippen MR) is 90.8 cm³/mol. The number of anilines is 1. The third-order valence-electron chi connectivity index (χ3n) is 3.93. The normalized spacial score (nSPS) is 11.5. The number of amides is 1. The van der Waals surface area contributed by atoms with Gasteiger partial charge in [0.2, 0.25) is 5.89 Å². The number of carbonyl (C=O) groups is 1. The first-order valence-corrected chi connectivity index (χ1v) is 7.87. The molecule has 0 saturated carbocycles. The number of rotatable bonds is 3. The van der Waals surface area contributed by atoms with E-state index in [0.29, 0.717) is 35.0 Å². The van der Waals surface area contributed by atoms with Crippen molar-refractivity contribution in [1.82, 2.24) is 4.98 Å². The lowest BCUT2D eigenvalue weighted by molar-refractivity contribution is -0.140. The minimum atomic E-state index is -4.89. The standard InChI is InChI=1S/C19H14F4N2O2/c1-10-11(2)27-18(24-10)13-4-3-5-14(8-13)25-17(26)12-6-7-16(20)15(9-12)19(21,22)23/h3-9H,1-2H3,(H,25,26). The van der Waals surface area contributed by atoms with E-state index in [4.69, 9.17) is 4.42 Å². The van der Waals surface area contributed by atoms with Crippen LogP contribution in [0.5, 0.6) is 0 Å². The minimum absolute atomic E-state index is 0.308. The van der Waals surface area contributed by atoms with Crippen molar-refractivity contribution in [3.63, 3.8) is 0 Å². The minimum Gasteiger partial charge on any atom is -0.441 e. The summed E-state index contributed by atoms with van der Waals surface area (Å²) in [6.45, 7) is 3.56. The van der Waals surface area contributed by atoms with Crippen LogP contribution >= 0.6 is 0 Å². The molecular weight excluding hydrogens is 364 g/mol. The molecule has 2 aromatic carbocycles. The van der Waals surface area contributed by atoms with Gasteiger partial charge in [0.05, 0.1) is 11.3 Å². The topological polar surface area (TPSA) is 55.1 Å². The first-order valence-electron chi connectivity index (χ1n) is 7.87. The SMILES string of the molecule is Cc1nc(-c2cccc(NC(=O)c3ccc(F)c(C(F)(F)F)c3)c2)oc1C. The van der Waals surface area contributed by atoms with Gasteiger partial charge in [0.15, 0.2) is 0 Å². The van der Waals surface area contributed by atoms with Crippen LogP contribution in [0.3, 0.4) is 0 Å². The number of carbonyl (C=O) groups excluding carboxylic acids is 1. The molecule has 0 aliphatic heterocycles. The molecule has 1 amide bonds. The van der Waals surface area contributed by atoms with Crippen LogP contribution in [-0.4, -0.2) is 10.9 Å². The van der Waals surface area contributed by atoms with E-state index < -0.39 is 23.5 Å². The van der Waals surface area contributed by atoms with Crippen molar-refractivity contribution in [2.45, 2.75) is 20.0 Å². The van der Waals surface area contributed by atoms with E-state index >= 15 is 0 Å². The highest BCUT2D eigenvalue weighted by Crippen LogP contribution is 2.32. The molecule has 0 bridgehead atoms. The number of oxazole rings is 1. The Morgan fingerprint density at radius 1 is 1.11 bits per heavy atom. The number of hydrogen-bond donors (Lipinski definition) is 1. The van der Waals surface area contributed by atoms with E-state index in [9.17, 15) is 22.4 Å². The third kappa shape index (κ3) is 3.99. The fraction of sp³-hybridized carbons (Fsp3) is 0.158. The third-order valence-corrected chi connectivity index (χ3v) is 3.93. The molecule has 1 N–H and O–H groups in total. The van der Waals surface area contributed by atoms with E-state index in [0.717, 1.165) is 11.8 Å². The van der Waals surface area contributed by atoms with Gasteiger partial charge in [-0.15, -0.1) is 0 Å². The Balaban J connectivity index is 1.86. The van der Waals surface area contributed by atoms with Gasteiger partial charge in [-0.3, -0.25) is 4.79 Å². The number of benzene rings is 2. The summed E-state index contributed by atoms with van der Waals surface area (Å²) in [6.07, 6.45) is -4.89. The molecule has 140 valence electrons. The van der Waals surface area contributed by atoms with Gasteiger partial charge >= 0.3 is 6.18 Å². The molecule has 4 nitrogen and oxygen atoms in total. The van der Waals surface area contributed by atoms with Crippen LogP contribution in [0, 0.1) is 19.7 Å². The van der Waals surface area contributed by atoms with Gasteiger partial charge in [-0.05, 0) is 50.2 Å². The summed E-state index contributed by atoms with van der Waals surface area (Å²) in [5.41, 5.74) is -0.139. The van der Waals surface area contributed by atoms with Crippen LogP contribution in [0.2, 0.25) is 0 Å². The van der Waals surface area contributed by atoms with Crippen LogP contribution in [0.1, 0.15) is 27.4 Å². The molecular formula is C19H14F4N2O2. The van der Waals surface area contributed by atoms with Crippen LogP contribution in [0.25, 0.3) is 11.5 Å². The highest BCUT2D eigenvalue weighted by Gasteiger charge is 2.34. The van der Waals surface area contributed by atoms with Gasteiger partial charge in [-0.1, -0.05) is 6.07 Å². The second-order valence-corrected chi connectivity index (χ2v) is 5.89. The lowest BCUT2D eigenvalue weighted by Crippen LogP contribution is -2.15. The number of nitrogens with one attached hydrogen (secondary N) is 1. The average Bonchev–Trinajstić information content (AvgIpc) is 2.93. The smallest absolute Gasteiger partial charge is 0.419 e. The predicted octanol–water partition coefficient (Wildman–Crippen LogP) is 5.37. The summed E-state index contributed by atoms with van der Waals surface area (Å²) < 4.78 is 57.3. The molecule has 0 unspecified atom stereocenters. The maximum atomic E-state index is 13.4. The Morgan fingerprint density at radius 3 is 2.48 bits per heavy atom. The highest BCUT2D eigenvalue weighted by atomic mass is 19.4. The van der Waals surface area contributed by atoms with Crippen LogP contribution < -0.4 is 5.32 Å². The van der Waals surface area contributed by atoms with Crippen molar-refractivity contribution >= 4 is 11.6 Å². The number of alkyl halides is 3. The molecule has 0 spiro atoms. The van der Waals surface area contributed by atoms with Crippen molar-refractivity contribution in [2.75, 3.05) is 5.32 Å². The van der Waals surface area contributed by atoms with E-state index in [2.05, 4.69) is 10.3 Å². The van der Waals surface area contributed by atoms with Crippen molar-refractivity contribution in [3.8, 4) is 11.5 Å². The van der Waals surface area contributed by atoms with Crippen LogP contribution in [0.15, 0.2) is 46.9 Å². The van der Waals surface area contributed by atoms with Crippen molar-refractivity contribution in [2.24, 2.45) is 0 Å². The van der Waals surface area contributed by atoms with E-state index in [-0.39, 0.29) is 5.56 Å². The zero-order chi connectivity index (χ0) is 19.8. The van der Waals surface area contributed by atoms with Gasteiger partial charge < -0.3 is 9.73 Å². The second-order valence-electron chi connectivity index (χ2n) is 5.89. The number of nitrogens with zero attached hydrogens (tertiary/aromatic N) is 1. The van der Waals surface area contributed by atoms with Crippen molar-refractivity contribution in [1.29, 1.82) is 0 Å². The van der Waals surface area contributed by atoms with Gasteiger partial charge in [0, 0.05) is 16.8 Å². The largest absolute Gasteiger partial charge is 0.441 e. The monoisotopic (exact) mass is 378 g/mol. The summed E-state index contributed by atoms with van der Waals surface area (Å²) in [6, 6.07) is 8.60. The first-order chi connectivity index (χ1) is 12.6. The summed E-state index contributed by atoms with van der Waals surface area (Å²) in [7, 11) is 0. The van der Waals surface area contributed by atoms with Gasteiger partial charge in [-0.25, -0.2) is 9.37 Å². The van der Waals surface area contributed by atoms with E-state index in [1.165, 1.54) is 0 Å². The number of halogens is 4. The zero-order valence-electron chi connectivity index (χ0n) is 14.3. The summed E-state index contributed by atoms with van der Waals surface area (Å²) >= 11 is 0. The van der Waals surface area contributed by atoms with Gasteiger partial charge in [0.1, 0.15) is 11.6 Å². The molecule has 0 aliphatic rings. The number of aryl methyl sites for hydroxylation is 2. The Bertz CT molecular complexity index is 990. The maximum absolute atomic E-state index is 13.4. The Morgan fingerprint density at radius 2 is 1.85 bits per heavy atom. The molecule has 0 aliphatic carbocycles. The van der Waals surface area contributed by atoms with Crippen LogP contribution in [0.4, 0.5) is 23.2 Å². The molecule has 0 fully saturated rings. The lowest BCUT2D eigenvalue weighted by atomic mass is 10.1. The summed E-state index contributed by atoms with van der Waals surface area (Å²) in [5.74, 6) is -1.21. The molecule has 0 atom stereocenters. The molecule has 27 heavy (non-hydrogen) atoms. The fourth-order valence-electron chi connectivity index (χ4n) is 2.41. The molecule has 1 aromatic heterocycles. The average molecular weight is 378 g/mol. The maximum Gasteiger partial charge on any atom is 0.419 e. The Hall–Kier alpha value is -3.16. The van der Waals surface area contributed by atoms with Gasteiger partial charge in [0.25, 0.3) is 5.91 Å². The van der Waals surface area contributed by atoms with E-state index in [1.54, 1.807) is 38.1 Å².